The van der Waals surface area contributed by atoms with Crippen LogP contribution >= 0.6 is 22.6 Å². The molecular weight excluding hydrogens is 387 g/mol. The van der Waals surface area contributed by atoms with Crippen LogP contribution in [0, 0.1) is 10.5 Å². The highest BCUT2D eigenvalue weighted by molar-refractivity contribution is 14.1. The molecule has 1 atom stereocenters. The number of halogens is 1. The summed E-state index contributed by atoms with van der Waals surface area (Å²) < 4.78 is 10.7. The fraction of sp³-hybridized carbons (Fsp3) is 0.214. The number of benzene rings is 1. The number of nitrogens with one attached hydrogen (secondary N) is 1. The second kappa shape index (κ2) is 6.70. The molecule has 0 unspecified atom stereocenters. The van der Waals surface area contributed by atoms with E-state index in [4.69, 9.17) is 9.26 Å². The van der Waals surface area contributed by atoms with Gasteiger partial charge in [-0.15, -0.1) is 0 Å². The summed E-state index contributed by atoms with van der Waals surface area (Å²) in [6.45, 7) is 3.21. The Morgan fingerprint density at radius 1 is 1.38 bits per heavy atom. The lowest BCUT2D eigenvalue weighted by Gasteiger charge is -2.12. The molecule has 0 saturated heterocycles. The number of ether oxygens (including phenoxy) is 1. The second-order valence-corrected chi connectivity index (χ2v) is 5.50. The standard InChI is InChI=1S/C14H13IN2O4/c1-8-7-12(17-21-8)16-13(18)9(2)20-14(19)10-5-3-4-6-11(10)15/h3-7,9H,1-2H3,(H,16,17,18)/t9-/m1/s1. The molecule has 0 spiro atoms. The summed E-state index contributed by atoms with van der Waals surface area (Å²) in [7, 11) is 0. The van der Waals surface area contributed by atoms with Crippen molar-refractivity contribution < 1.29 is 18.8 Å². The van der Waals surface area contributed by atoms with Gasteiger partial charge in [0.2, 0.25) is 0 Å². The number of carbonyl (C=O) groups is 2. The van der Waals surface area contributed by atoms with Gasteiger partial charge < -0.3 is 14.6 Å². The fourth-order valence-corrected chi connectivity index (χ4v) is 2.17. The Bertz CT molecular complexity index is 668. The lowest BCUT2D eigenvalue weighted by atomic mass is 10.2. The first-order chi connectivity index (χ1) is 9.97. The monoisotopic (exact) mass is 400 g/mol. The van der Waals surface area contributed by atoms with Gasteiger partial charge in [-0.3, -0.25) is 4.79 Å². The molecule has 6 nitrogen and oxygen atoms in total. The molecule has 0 bridgehead atoms. The average Bonchev–Trinajstić information content (AvgIpc) is 2.84. The van der Waals surface area contributed by atoms with E-state index in [1.54, 1.807) is 31.2 Å². The molecular formula is C14H13IN2O4. The van der Waals surface area contributed by atoms with Crippen LogP contribution < -0.4 is 5.32 Å². The Balaban J connectivity index is 1.97. The van der Waals surface area contributed by atoms with Crippen LogP contribution in [0.3, 0.4) is 0 Å². The lowest BCUT2D eigenvalue weighted by Crippen LogP contribution is -2.30. The van der Waals surface area contributed by atoms with Gasteiger partial charge >= 0.3 is 5.97 Å². The highest BCUT2D eigenvalue weighted by Crippen LogP contribution is 2.14. The Kier molecular flexibility index (Phi) is 4.94. The van der Waals surface area contributed by atoms with Gasteiger partial charge in [-0.2, -0.15) is 0 Å². The third-order valence-electron chi connectivity index (χ3n) is 2.63. The molecule has 1 amide bonds. The smallest absolute Gasteiger partial charge is 0.339 e. The van der Waals surface area contributed by atoms with E-state index < -0.39 is 18.0 Å². The van der Waals surface area contributed by atoms with E-state index >= 15 is 0 Å². The maximum absolute atomic E-state index is 12.0. The number of aryl methyl sites for hydroxylation is 1. The molecule has 2 rings (SSSR count). The van der Waals surface area contributed by atoms with E-state index in [0.717, 1.165) is 3.57 Å². The van der Waals surface area contributed by atoms with Crippen molar-refractivity contribution in [2.45, 2.75) is 20.0 Å². The normalized spacial score (nSPS) is 11.8. The summed E-state index contributed by atoms with van der Waals surface area (Å²) >= 11 is 2.04. The first-order valence-electron chi connectivity index (χ1n) is 6.17. The van der Waals surface area contributed by atoms with Gasteiger partial charge in [0.25, 0.3) is 5.91 Å². The van der Waals surface area contributed by atoms with E-state index in [9.17, 15) is 9.59 Å². The largest absolute Gasteiger partial charge is 0.449 e. The van der Waals surface area contributed by atoms with Gasteiger partial charge in [-0.25, -0.2) is 4.79 Å². The SMILES string of the molecule is Cc1cc(NC(=O)[C@@H](C)OC(=O)c2ccccc2I)no1. The fourth-order valence-electron chi connectivity index (χ4n) is 1.56. The summed E-state index contributed by atoms with van der Waals surface area (Å²) in [6, 6.07) is 8.58. The third-order valence-corrected chi connectivity index (χ3v) is 3.57. The molecule has 1 aromatic carbocycles. The maximum atomic E-state index is 12.0. The highest BCUT2D eigenvalue weighted by Gasteiger charge is 2.21. The molecule has 0 saturated carbocycles. The first-order valence-corrected chi connectivity index (χ1v) is 7.25. The molecule has 0 radical (unpaired) electrons. The number of nitrogens with zero attached hydrogens (tertiary/aromatic N) is 1. The second-order valence-electron chi connectivity index (χ2n) is 4.34. The summed E-state index contributed by atoms with van der Waals surface area (Å²) in [4.78, 5) is 23.9. The van der Waals surface area contributed by atoms with Crippen LogP contribution in [0.2, 0.25) is 0 Å². The van der Waals surface area contributed by atoms with Crippen LogP contribution in [-0.2, 0) is 9.53 Å². The van der Waals surface area contributed by atoms with E-state index in [1.807, 2.05) is 28.7 Å². The predicted octanol–water partition coefficient (Wildman–Crippen LogP) is 2.77. The molecule has 1 aromatic heterocycles. The molecule has 0 aliphatic rings. The summed E-state index contributed by atoms with van der Waals surface area (Å²) in [5, 5.41) is 6.15. The van der Waals surface area contributed by atoms with Crippen molar-refractivity contribution in [1.29, 1.82) is 0 Å². The topological polar surface area (TPSA) is 81.4 Å². The van der Waals surface area contributed by atoms with Gasteiger partial charge in [0.05, 0.1) is 5.56 Å². The van der Waals surface area contributed by atoms with Crippen molar-refractivity contribution in [2.24, 2.45) is 0 Å². The number of anilines is 1. The number of amides is 1. The zero-order valence-electron chi connectivity index (χ0n) is 11.4. The summed E-state index contributed by atoms with van der Waals surface area (Å²) in [5.74, 6) is -0.148. The Labute approximate surface area is 135 Å². The van der Waals surface area contributed by atoms with Crippen LogP contribution in [0.5, 0.6) is 0 Å². The number of carbonyl (C=O) groups excluding carboxylic acids is 2. The van der Waals surface area contributed by atoms with Crippen LogP contribution in [0.4, 0.5) is 5.82 Å². The van der Waals surface area contributed by atoms with Crippen molar-refractivity contribution in [1.82, 2.24) is 5.16 Å². The predicted molar refractivity (Wildman–Crippen MR) is 83.9 cm³/mol. The third kappa shape index (κ3) is 4.03. The molecule has 1 heterocycles. The van der Waals surface area contributed by atoms with Crippen LogP contribution in [-0.4, -0.2) is 23.1 Å². The van der Waals surface area contributed by atoms with E-state index in [-0.39, 0.29) is 5.82 Å². The molecule has 0 aliphatic carbocycles. The Morgan fingerprint density at radius 2 is 2.10 bits per heavy atom. The van der Waals surface area contributed by atoms with Crippen LogP contribution in [0.15, 0.2) is 34.9 Å². The van der Waals surface area contributed by atoms with Crippen molar-refractivity contribution in [3.63, 3.8) is 0 Å². The van der Waals surface area contributed by atoms with Crippen molar-refractivity contribution >= 4 is 40.3 Å². The van der Waals surface area contributed by atoms with Crippen molar-refractivity contribution in [3.05, 3.63) is 45.2 Å². The number of hydrogen-bond acceptors (Lipinski definition) is 5. The molecule has 2 aromatic rings. The number of rotatable bonds is 4. The number of aromatic nitrogens is 1. The van der Waals surface area contributed by atoms with Gasteiger partial charge in [0, 0.05) is 9.64 Å². The zero-order chi connectivity index (χ0) is 15.4. The van der Waals surface area contributed by atoms with Gasteiger partial charge in [-0.1, -0.05) is 17.3 Å². The summed E-state index contributed by atoms with van der Waals surface area (Å²) in [5.41, 5.74) is 0.426. The molecule has 1 N–H and O–H groups in total. The zero-order valence-corrected chi connectivity index (χ0v) is 13.6. The van der Waals surface area contributed by atoms with E-state index in [2.05, 4.69) is 10.5 Å². The van der Waals surface area contributed by atoms with Crippen molar-refractivity contribution in [2.75, 3.05) is 5.32 Å². The quantitative estimate of drug-likeness (QED) is 0.631. The van der Waals surface area contributed by atoms with Gasteiger partial charge in [0.1, 0.15) is 5.76 Å². The molecule has 7 heteroatoms. The van der Waals surface area contributed by atoms with E-state index in [1.165, 1.54) is 6.92 Å². The van der Waals surface area contributed by atoms with Gasteiger partial charge in [0.15, 0.2) is 11.9 Å². The van der Waals surface area contributed by atoms with Gasteiger partial charge in [-0.05, 0) is 48.6 Å². The first kappa shape index (κ1) is 15.5. The van der Waals surface area contributed by atoms with E-state index in [0.29, 0.717) is 11.3 Å². The van der Waals surface area contributed by atoms with Crippen LogP contribution in [0.1, 0.15) is 23.0 Å². The van der Waals surface area contributed by atoms with Crippen molar-refractivity contribution in [3.8, 4) is 0 Å². The highest BCUT2D eigenvalue weighted by atomic mass is 127. The minimum Gasteiger partial charge on any atom is -0.449 e. The Morgan fingerprint density at radius 3 is 2.71 bits per heavy atom. The molecule has 110 valence electrons. The lowest BCUT2D eigenvalue weighted by molar-refractivity contribution is -0.123. The molecule has 0 fully saturated rings. The molecule has 21 heavy (non-hydrogen) atoms. The summed E-state index contributed by atoms with van der Waals surface area (Å²) in [6.07, 6.45) is -0.939. The average molecular weight is 400 g/mol. The van der Waals surface area contributed by atoms with Crippen LogP contribution in [0.25, 0.3) is 0 Å². The minimum atomic E-state index is -0.939. The maximum Gasteiger partial charge on any atom is 0.339 e. The number of esters is 1. The minimum absolute atomic E-state index is 0.287. The number of hydrogen-bond donors (Lipinski definition) is 1. The Hall–Kier alpha value is -1.90. The molecule has 0 aliphatic heterocycles.